The minimum absolute atomic E-state index is 0.193. The summed E-state index contributed by atoms with van der Waals surface area (Å²) in [6.07, 6.45) is 0. The van der Waals surface area contributed by atoms with Crippen molar-refractivity contribution in [3.05, 3.63) is 71.8 Å². The molecule has 1 atom stereocenters. The summed E-state index contributed by atoms with van der Waals surface area (Å²) >= 11 is 0. The Balaban J connectivity index is 0.00000151. The number of nitrogens with zero attached hydrogens (tertiary/aromatic N) is 1. The monoisotopic (exact) mass is 340 g/mol. The zero-order chi connectivity index (χ0) is 18.7. The number of nitrogens with two attached hydrogens (primary N) is 1. The Morgan fingerprint density at radius 2 is 1.24 bits per heavy atom. The van der Waals surface area contributed by atoms with Gasteiger partial charge in [-0.1, -0.05) is 95.3 Å². The molecule has 0 aromatic heterocycles. The zero-order valence-electron chi connectivity index (χ0n) is 16.7. The normalized spacial score (nSPS) is 12.4. The largest absolute Gasteiger partial charge is 0.330 e. The van der Waals surface area contributed by atoms with E-state index in [0.29, 0.717) is 5.92 Å². The van der Waals surface area contributed by atoms with Gasteiger partial charge < -0.3 is 5.73 Å². The fraction of sp³-hybridized carbons (Fsp3) is 0.478. The van der Waals surface area contributed by atoms with Crippen molar-refractivity contribution in [2.45, 2.75) is 47.7 Å². The molecule has 2 nitrogen and oxygen atoms in total. The lowest BCUT2D eigenvalue weighted by molar-refractivity contribution is 0.118. The van der Waals surface area contributed by atoms with E-state index in [9.17, 15) is 0 Å². The Kier molecular flexibility index (Phi) is 9.48. The summed E-state index contributed by atoms with van der Waals surface area (Å²) in [5.74, 6) is 0.497. The molecular weight excluding hydrogens is 304 g/mol. The van der Waals surface area contributed by atoms with Gasteiger partial charge in [0, 0.05) is 19.6 Å². The Bertz CT molecular complexity index is 522. The van der Waals surface area contributed by atoms with Crippen molar-refractivity contribution < 1.29 is 0 Å². The summed E-state index contributed by atoms with van der Waals surface area (Å²) < 4.78 is 0. The highest BCUT2D eigenvalue weighted by atomic mass is 15.1. The first-order chi connectivity index (χ1) is 12.0. The molecule has 2 aromatic carbocycles. The maximum Gasteiger partial charge on any atom is 0.0237 e. The van der Waals surface area contributed by atoms with Crippen molar-refractivity contribution in [2.24, 2.45) is 17.1 Å². The molecule has 25 heavy (non-hydrogen) atoms. The van der Waals surface area contributed by atoms with E-state index in [2.05, 4.69) is 86.3 Å². The lowest BCUT2D eigenvalue weighted by Gasteiger charge is -2.37. The third-order valence-corrected chi connectivity index (χ3v) is 4.82. The van der Waals surface area contributed by atoms with Gasteiger partial charge in [-0.25, -0.2) is 0 Å². The average Bonchev–Trinajstić information content (AvgIpc) is 2.64. The third-order valence-electron chi connectivity index (χ3n) is 4.82. The van der Waals surface area contributed by atoms with E-state index in [1.165, 1.54) is 11.1 Å². The maximum absolute atomic E-state index is 5.92. The van der Waals surface area contributed by atoms with Crippen LogP contribution in [0.4, 0.5) is 0 Å². The van der Waals surface area contributed by atoms with Crippen LogP contribution in [0.5, 0.6) is 0 Å². The number of hydrogen-bond acceptors (Lipinski definition) is 2. The molecule has 0 saturated carbocycles. The second-order valence-corrected chi connectivity index (χ2v) is 7.24. The number of benzene rings is 2. The summed E-state index contributed by atoms with van der Waals surface area (Å²) in [6, 6.07) is 21.4. The predicted octanol–water partition coefficient (Wildman–Crippen LogP) is 5.34. The van der Waals surface area contributed by atoms with E-state index >= 15 is 0 Å². The Morgan fingerprint density at radius 1 is 0.840 bits per heavy atom. The molecule has 2 aromatic rings. The van der Waals surface area contributed by atoms with Crippen molar-refractivity contribution in [1.82, 2.24) is 4.90 Å². The van der Waals surface area contributed by atoms with Crippen LogP contribution in [0.1, 0.15) is 45.7 Å². The van der Waals surface area contributed by atoms with Gasteiger partial charge in [0.1, 0.15) is 0 Å². The zero-order valence-corrected chi connectivity index (χ0v) is 16.7. The summed E-state index contributed by atoms with van der Waals surface area (Å²) in [6.45, 7) is 14.6. The van der Waals surface area contributed by atoms with Crippen LogP contribution >= 0.6 is 0 Å². The highest BCUT2D eigenvalue weighted by Gasteiger charge is 2.27. The molecule has 138 valence electrons. The smallest absolute Gasteiger partial charge is 0.0237 e. The molecule has 1 unspecified atom stereocenters. The van der Waals surface area contributed by atoms with Gasteiger partial charge in [-0.15, -0.1) is 0 Å². The summed E-state index contributed by atoms with van der Waals surface area (Å²) in [7, 11) is 0. The number of rotatable bonds is 8. The van der Waals surface area contributed by atoms with Crippen LogP contribution < -0.4 is 5.73 Å². The molecule has 2 N–H and O–H groups in total. The molecule has 0 bridgehead atoms. The van der Waals surface area contributed by atoms with Crippen LogP contribution in [0.3, 0.4) is 0 Å². The van der Waals surface area contributed by atoms with Gasteiger partial charge in [0.15, 0.2) is 0 Å². The molecule has 0 saturated heterocycles. The van der Waals surface area contributed by atoms with Crippen molar-refractivity contribution >= 4 is 0 Å². The van der Waals surface area contributed by atoms with Crippen LogP contribution in [0.25, 0.3) is 0 Å². The van der Waals surface area contributed by atoms with Crippen LogP contribution in [0, 0.1) is 11.3 Å². The van der Waals surface area contributed by atoms with E-state index in [1.54, 1.807) is 0 Å². The molecule has 0 aliphatic rings. The van der Waals surface area contributed by atoms with E-state index in [1.807, 2.05) is 13.8 Å². The molecule has 0 heterocycles. The van der Waals surface area contributed by atoms with E-state index < -0.39 is 0 Å². The highest BCUT2D eigenvalue weighted by Crippen LogP contribution is 2.28. The van der Waals surface area contributed by atoms with Gasteiger partial charge in [-0.2, -0.15) is 0 Å². The number of hydrogen-bond donors (Lipinski definition) is 1. The Hall–Kier alpha value is -1.64. The summed E-state index contributed by atoms with van der Waals surface area (Å²) in [5, 5.41) is 0. The van der Waals surface area contributed by atoms with Gasteiger partial charge >= 0.3 is 0 Å². The Labute approximate surface area is 155 Å². The molecule has 0 fully saturated rings. The molecule has 0 amide bonds. The average molecular weight is 341 g/mol. The van der Waals surface area contributed by atoms with Crippen molar-refractivity contribution in [1.29, 1.82) is 0 Å². The molecule has 0 aliphatic heterocycles. The van der Waals surface area contributed by atoms with E-state index in [-0.39, 0.29) is 5.41 Å². The van der Waals surface area contributed by atoms with Crippen LogP contribution in [-0.4, -0.2) is 18.0 Å². The summed E-state index contributed by atoms with van der Waals surface area (Å²) in [4.78, 5) is 2.54. The topological polar surface area (TPSA) is 29.3 Å². The van der Waals surface area contributed by atoms with Crippen molar-refractivity contribution in [3.8, 4) is 0 Å². The Morgan fingerprint density at radius 3 is 1.60 bits per heavy atom. The molecule has 0 aliphatic carbocycles. The lowest BCUT2D eigenvalue weighted by Crippen LogP contribution is -2.39. The molecule has 0 radical (unpaired) electrons. The first kappa shape index (κ1) is 21.4. The fourth-order valence-electron chi connectivity index (χ4n) is 2.90. The quantitative estimate of drug-likeness (QED) is 0.703. The summed E-state index contributed by atoms with van der Waals surface area (Å²) in [5.41, 5.74) is 8.83. The van der Waals surface area contributed by atoms with Crippen molar-refractivity contribution in [2.75, 3.05) is 13.1 Å². The predicted molar refractivity (Wildman–Crippen MR) is 110 cm³/mol. The molecule has 0 spiro atoms. The lowest BCUT2D eigenvalue weighted by atomic mass is 9.79. The fourth-order valence-corrected chi connectivity index (χ4v) is 2.90. The van der Waals surface area contributed by atoms with Crippen LogP contribution in [0.2, 0.25) is 0 Å². The first-order valence-electron chi connectivity index (χ1n) is 9.51. The highest BCUT2D eigenvalue weighted by molar-refractivity contribution is 5.17. The van der Waals surface area contributed by atoms with Gasteiger partial charge in [-0.05, 0) is 29.0 Å². The van der Waals surface area contributed by atoms with E-state index in [0.717, 1.165) is 26.2 Å². The van der Waals surface area contributed by atoms with Gasteiger partial charge in [0.05, 0.1) is 0 Å². The van der Waals surface area contributed by atoms with Gasteiger partial charge in [0.2, 0.25) is 0 Å². The molecular formula is C23H36N2. The second-order valence-electron chi connectivity index (χ2n) is 7.24. The molecule has 2 heteroatoms. The SMILES string of the molecule is CC.CC(CN)C(C)(C)CN(Cc1ccccc1)Cc1ccccc1. The van der Waals surface area contributed by atoms with Gasteiger partial charge in [-0.3, -0.25) is 4.90 Å². The van der Waals surface area contributed by atoms with Gasteiger partial charge in [0.25, 0.3) is 0 Å². The van der Waals surface area contributed by atoms with Crippen LogP contribution in [-0.2, 0) is 13.1 Å². The minimum Gasteiger partial charge on any atom is -0.330 e. The molecule has 2 rings (SSSR count). The maximum atomic E-state index is 5.92. The third kappa shape index (κ3) is 7.41. The minimum atomic E-state index is 0.193. The van der Waals surface area contributed by atoms with Crippen molar-refractivity contribution in [3.63, 3.8) is 0 Å². The van der Waals surface area contributed by atoms with Crippen LogP contribution in [0.15, 0.2) is 60.7 Å². The standard InChI is InChI=1S/C21H30N2.C2H6/c1-18(14-22)21(2,3)17-23(15-19-10-6-4-7-11-19)16-20-12-8-5-9-13-20;1-2/h4-13,18H,14-17,22H2,1-3H3;1-2H3. The second kappa shape index (κ2) is 11.1. The van der Waals surface area contributed by atoms with E-state index in [4.69, 9.17) is 5.73 Å². The first-order valence-corrected chi connectivity index (χ1v) is 9.51.